The summed E-state index contributed by atoms with van der Waals surface area (Å²) in [4.78, 5) is 76.3. The van der Waals surface area contributed by atoms with Crippen molar-refractivity contribution < 1.29 is 47.7 Å². The Morgan fingerprint density at radius 2 is 1.11 bits per heavy atom. The lowest BCUT2D eigenvalue weighted by Gasteiger charge is -2.37. The molecule has 2 aliphatic heterocycles. The van der Waals surface area contributed by atoms with Crippen LogP contribution in [-0.4, -0.2) is 124 Å². The van der Waals surface area contributed by atoms with Crippen LogP contribution in [-0.2, 0) is 28.5 Å². The number of methoxy groups -OCH3 is 2. The van der Waals surface area contributed by atoms with E-state index < -0.39 is 17.2 Å². The third kappa shape index (κ3) is 15.8. The number of benzene rings is 2. The lowest BCUT2D eigenvalue weighted by molar-refractivity contribution is -0.140. The zero-order valence-electron chi connectivity index (χ0n) is 34.8. The van der Waals surface area contributed by atoms with E-state index >= 15 is 0 Å². The number of carbonyl (C=O) groups excluding carboxylic acids is 6. The molecule has 2 amide bonds. The van der Waals surface area contributed by atoms with E-state index in [2.05, 4.69) is 25.9 Å². The van der Waals surface area contributed by atoms with Gasteiger partial charge in [-0.25, -0.2) is 14.4 Å². The summed E-state index contributed by atoms with van der Waals surface area (Å²) in [5.74, 6) is -0.852. The minimum absolute atomic E-state index is 0.0743. The number of carbonyl (C=O) groups is 6. The number of aldehydes is 1. The van der Waals surface area contributed by atoms with Gasteiger partial charge in [0, 0.05) is 87.4 Å². The first kappa shape index (κ1) is 46.8. The van der Waals surface area contributed by atoms with Crippen molar-refractivity contribution in [1.82, 2.24) is 9.80 Å². The zero-order chi connectivity index (χ0) is 42.2. The molecule has 14 nitrogen and oxygen atoms in total. The molecule has 0 unspecified atom stereocenters. The molecule has 2 aromatic carbocycles. The van der Waals surface area contributed by atoms with Crippen molar-refractivity contribution in [2.24, 2.45) is 0 Å². The molecular formula is C42H60N4O10. The molecule has 2 aromatic rings. The second-order valence-electron chi connectivity index (χ2n) is 15.3. The Morgan fingerprint density at radius 1 is 0.661 bits per heavy atom. The van der Waals surface area contributed by atoms with E-state index in [0.717, 1.165) is 48.0 Å². The number of Topliss-reactive ketones (excluding diaryl/α,β-unsaturated/α-hetero) is 1. The molecule has 2 fully saturated rings. The maximum Gasteiger partial charge on any atom is 0.410 e. The quantitative estimate of drug-likeness (QED) is 0.0959. The molecule has 0 N–H and O–H groups in total. The van der Waals surface area contributed by atoms with Gasteiger partial charge in [0.05, 0.1) is 20.6 Å². The van der Waals surface area contributed by atoms with Crippen LogP contribution in [0.25, 0.3) is 0 Å². The maximum absolute atomic E-state index is 12.3. The molecule has 4 rings (SSSR count). The molecule has 0 spiro atoms. The Hall–Kier alpha value is -5.40. The summed E-state index contributed by atoms with van der Waals surface area (Å²) in [6.07, 6.45) is 1.66. The number of rotatable bonds is 8. The largest absolute Gasteiger partial charge is 0.469 e. The van der Waals surface area contributed by atoms with Gasteiger partial charge in [-0.15, -0.1) is 0 Å². The van der Waals surface area contributed by atoms with Crippen molar-refractivity contribution in [2.75, 3.05) is 76.4 Å². The van der Waals surface area contributed by atoms with Gasteiger partial charge in [0.2, 0.25) is 0 Å². The third-order valence-corrected chi connectivity index (χ3v) is 8.57. The van der Waals surface area contributed by atoms with Crippen LogP contribution in [0.3, 0.4) is 0 Å². The Morgan fingerprint density at radius 3 is 1.45 bits per heavy atom. The molecule has 0 atom stereocenters. The molecule has 0 radical (unpaired) electrons. The predicted octanol–water partition coefficient (Wildman–Crippen LogP) is 6.40. The number of aryl methyl sites for hydroxylation is 2. The van der Waals surface area contributed by atoms with Gasteiger partial charge < -0.3 is 38.5 Å². The minimum Gasteiger partial charge on any atom is -0.469 e. The number of ether oxygens (including phenoxy) is 4. The molecule has 2 saturated heterocycles. The summed E-state index contributed by atoms with van der Waals surface area (Å²) in [5, 5.41) is 0. The summed E-state index contributed by atoms with van der Waals surface area (Å²) >= 11 is 0. The van der Waals surface area contributed by atoms with Gasteiger partial charge in [0.15, 0.2) is 5.78 Å². The average Bonchev–Trinajstić information content (AvgIpc) is 3.15. The second-order valence-corrected chi connectivity index (χ2v) is 15.3. The van der Waals surface area contributed by atoms with Gasteiger partial charge >= 0.3 is 24.1 Å². The Balaban J connectivity index is 0.000000344. The van der Waals surface area contributed by atoms with Crippen LogP contribution >= 0.6 is 0 Å². The standard InChI is InChI=1S/C21H30N2O5.C17H24N2O3.C4H6O2/c1-15-14-16(18(24)8-9-19(25)27-5)6-7-17(15)22-10-12-23(13-11-22)20(26)28-21(2,3)4;1-13-11-14(12-20)5-6-15(13)18-7-9-19(10-8-18)16(21)22-17(2,3)4;1-3-4(5)6-2/h6-7,14H,8-13H2,1-5H3;5-6,11-12H,7-10H2,1-4H3;3H,1H2,2H3. The highest BCUT2D eigenvalue weighted by Gasteiger charge is 2.28. The van der Waals surface area contributed by atoms with Crippen molar-refractivity contribution in [3.63, 3.8) is 0 Å². The molecule has 0 saturated carbocycles. The summed E-state index contributed by atoms with van der Waals surface area (Å²) in [5.41, 5.74) is 4.56. The van der Waals surface area contributed by atoms with E-state index in [-0.39, 0.29) is 36.8 Å². The first-order valence-corrected chi connectivity index (χ1v) is 18.6. The van der Waals surface area contributed by atoms with Crippen LogP contribution < -0.4 is 9.80 Å². The van der Waals surface area contributed by atoms with Crippen LogP contribution in [0.2, 0.25) is 0 Å². The van der Waals surface area contributed by atoms with E-state index in [0.29, 0.717) is 50.4 Å². The Bertz CT molecular complexity index is 1680. The molecule has 0 bridgehead atoms. The predicted molar refractivity (Wildman–Crippen MR) is 216 cm³/mol. The van der Waals surface area contributed by atoms with E-state index in [1.54, 1.807) is 15.9 Å². The van der Waals surface area contributed by atoms with Crippen LogP contribution in [0.1, 0.15) is 86.2 Å². The molecule has 0 aliphatic carbocycles. The summed E-state index contributed by atoms with van der Waals surface area (Å²) < 4.78 is 19.6. The lowest BCUT2D eigenvalue weighted by Crippen LogP contribution is -2.50. The molecule has 0 aromatic heterocycles. The number of amides is 2. The number of anilines is 2. The number of hydrogen-bond donors (Lipinski definition) is 0. The topological polar surface area (TPSA) is 152 Å². The third-order valence-electron chi connectivity index (χ3n) is 8.57. The van der Waals surface area contributed by atoms with Crippen LogP contribution in [0, 0.1) is 13.8 Å². The van der Waals surface area contributed by atoms with E-state index in [9.17, 15) is 28.8 Å². The van der Waals surface area contributed by atoms with Gasteiger partial charge in [0.25, 0.3) is 0 Å². The molecular weight excluding hydrogens is 720 g/mol. The SMILES string of the molecule is C=CC(=O)OC.COC(=O)CCC(=O)c1ccc(N2CCN(C(=O)OC(C)(C)C)CC2)c(C)c1.Cc1cc(C=O)ccc1N1CCN(C(=O)OC(C)(C)C)CC1. The maximum atomic E-state index is 12.3. The number of esters is 2. The fourth-order valence-corrected chi connectivity index (χ4v) is 5.75. The monoisotopic (exact) mass is 780 g/mol. The molecule has 14 heteroatoms. The highest BCUT2D eigenvalue weighted by molar-refractivity contribution is 5.98. The second kappa shape index (κ2) is 21.6. The van der Waals surface area contributed by atoms with Crippen LogP contribution in [0.15, 0.2) is 49.1 Å². The van der Waals surface area contributed by atoms with Gasteiger partial charge in [-0.05, 0) is 103 Å². The minimum atomic E-state index is -0.499. The fraction of sp³-hybridized carbons (Fsp3) is 0.524. The first-order chi connectivity index (χ1) is 26.2. The van der Waals surface area contributed by atoms with Crippen molar-refractivity contribution in [1.29, 1.82) is 0 Å². The molecule has 2 heterocycles. The Labute approximate surface area is 331 Å². The highest BCUT2D eigenvalue weighted by Crippen LogP contribution is 2.25. The number of piperazine rings is 2. The lowest BCUT2D eigenvalue weighted by atomic mass is 10.0. The Kier molecular flexibility index (Phi) is 18.1. The van der Waals surface area contributed by atoms with Gasteiger partial charge in [-0.3, -0.25) is 14.4 Å². The van der Waals surface area contributed by atoms with Gasteiger partial charge in [-0.1, -0.05) is 6.58 Å². The summed E-state index contributed by atoms with van der Waals surface area (Å²) in [6.45, 7) is 23.7. The van der Waals surface area contributed by atoms with Gasteiger partial charge in [-0.2, -0.15) is 0 Å². The van der Waals surface area contributed by atoms with Crippen molar-refractivity contribution in [3.8, 4) is 0 Å². The molecule has 308 valence electrons. The normalized spacial score (nSPS) is 14.2. The zero-order valence-corrected chi connectivity index (χ0v) is 34.8. The summed E-state index contributed by atoms with van der Waals surface area (Å²) in [6, 6.07) is 11.3. The fourth-order valence-electron chi connectivity index (χ4n) is 5.75. The summed E-state index contributed by atoms with van der Waals surface area (Å²) in [7, 11) is 2.62. The van der Waals surface area contributed by atoms with E-state index in [1.165, 1.54) is 14.2 Å². The smallest absolute Gasteiger partial charge is 0.410 e. The molecule has 56 heavy (non-hydrogen) atoms. The average molecular weight is 781 g/mol. The number of hydrogen-bond acceptors (Lipinski definition) is 12. The van der Waals surface area contributed by atoms with Crippen LogP contribution in [0.5, 0.6) is 0 Å². The first-order valence-electron chi connectivity index (χ1n) is 18.6. The number of ketones is 1. The van der Waals surface area contributed by atoms with Crippen molar-refractivity contribution >= 4 is 47.6 Å². The van der Waals surface area contributed by atoms with E-state index in [1.807, 2.05) is 85.7 Å². The van der Waals surface area contributed by atoms with Gasteiger partial charge in [0.1, 0.15) is 17.5 Å². The van der Waals surface area contributed by atoms with Crippen molar-refractivity contribution in [3.05, 3.63) is 71.3 Å². The van der Waals surface area contributed by atoms with E-state index in [4.69, 9.17) is 9.47 Å². The van der Waals surface area contributed by atoms with Crippen LogP contribution in [0.4, 0.5) is 21.0 Å². The van der Waals surface area contributed by atoms with Crippen molar-refractivity contribution in [2.45, 2.75) is 79.4 Å². The highest BCUT2D eigenvalue weighted by atomic mass is 16.6. The number of nitrogens with zero attached hydrogens (tertiary/aromatic N) is 4. The molecule has 2 aliphatic rings.